The fourth-order valence-corrected chi connectivity index (χ4v) is 3.30. The van der Waals surface area contributed by atoms with Crippen LogP contribution in [0.1, 0.15) is 30.3 Å². The minimum Gasteiger partial charge on any atom is -0.382 e. The van der Waals surface area contributed by atoms with Crippen LogP contribution in [0.25, 0.3) is 0 Å². The van der Waals surface area contributed by atoms with E-state index in [1.807, 2.05) is 11.7 Å². The number of halogens is 1. The standard InChI is InChI=1S/C16H20ClN3/c1-3-13-16(17)15(20(2)19-13)10-12-9-8-11-6-4-5-7-14(11)18-12/h4-7,12,18H,3,8-10H2,1-2H3. The Hall–Kier alpha value is -1.48. The molecule has 1 unspecified atom stereocenters. The summed E-state index contributed by atoms with van der Waals surface area (Å²) >= 11 is 6.44. The van der Waals surface area contributed by atoms with E-state index in [0.29, 0.717) is 6.04 Å². The number of hydrogen-bond donors (Lipinski definition) is 1. The lowest BCUT2D eigenvalue weighted by molar-refractivity contribution is 0.592. The lowest BCUT2D eigenvalue weighted by atomic mass is 9.95. The van der Waals surface area contributed by atoms with Gasteiger partial charge in [-0.25, -0.2) is 0 Å². The number of fused-ring (bicyclic) bond motifs is 1. The fraction of sp³-hybridized carbons (Fsp3) is 0.438. The maximum Gasteiger partial charge on any atom is 0.0850 e. The maximum atomic E-state index is 6.44. The van der Waals surface area contributed by atoms with Gasteiger partial charge in [-0.2, -0.15) is 5.10 Å². The van der Waals surface area contributed by atoms with Crippen LogP contribution in [0, 0.1) is 0 Å². The Bertz CT molecular complexity index is 618. The molecular formula is C16H20ClN3. The van der Waals surface area contributed by atoms with E-state index < -0.39 is 0 Å². The molecule has 0 bridgehead atoms. The molecule has 0 radical (unpaired) electrons. The number of hydrogen-bond acceptors (Lipinski definition) is 2. The van der Waals surface area contributed by atoms with Crippen LogP contribution in [0.4, 0.5) is 5.69 Å². The van der Waals surface area contributed by atoms with Crippen molar-refractivity contribution in [2.45, 2.75) is 38.6 Å². The molecule has 20 heavy (non-hydrogen) atoms. The predicted molar refractivity (Wildman–Crippen MR) is 83.5 cm³/mol. The normalized spacial score (nSPS) is 17.6. The Morgan fingerprint density at radius 3 is 2.95 bits per heavy atom. The van der Waals surface area contributed by atoms with E-state index in [9.17, 15) is 0 Å². The van der Waals surface area contributed by atoms with Crippen molar-refractivity contribution in [3.63, 3.8) is 0 Å². The van der Waals surface area contributed by atoms with Gasteiger partial charge in [-0.15, -0.1) is 0 Å². The molecule has 1 aromatic carbocycles. The molecule has 2 heterocycles. The second-order valence-corrected chi connectivity index (χ2v) is 5.80. The third-order valence-corrected chi connectivity index (χ3v) is 4.52. The summed E-state index contributed by atoms with van der Waals surface area (Å²) in [5.74, 6) is 0. The first-order chi connectivity index (χ1) is 9.69. The Balaban J connectivity index is 1.79. The summed E-state index contributed by atoms with van der Waals surface area (Å²) < 4.78 is 1.93. The number of nitrogens with zero attached hydrogens (tertiary/aromatic N) is 2. The monoisotopic (exact) mass is 289 g/mol. The molecule has 2 aromatic rings. The predicted octanol–water partition coefficient (Wildman–Crippen LogP) is 3.61. The second-order valence-electron chi connectivity index (χ2n) is 5.43. The highest BCUT2D eigenvalue weighted by Crippen LogP contribution is 2.28. The highest BCUT2D eigenvalue weighted by atomic mass is 35.5. The number of nitrogens with one attached hydrogen (secondary N) is 1. The van der Waals surface area contributed by atoms with Gasteiger partial charge in [-0.3, -0.25) is 4.68 Å². The number of benzene rings is 1. The summed E-state index contributed by atoms with van der Waals surface area (Å²) in [6.45, 7) is 2.09. The highest BCUT2D eigenvalue weighted by molar-refractivity contribution is 6.31. The van der Waals surface area contributed by atoms with Crippen LogP contribution in [0.2, 0.25) is 5.02 Å². The molecule has 1 N–H and O–H groups in total. The topological polar surface area (TPSA) is 29.9 Å². The molecule has 1 aromatic heterocycles. The average Bonchev–Trinajstić information content (AvgIpc) is 2.74. The van der Waals surface area contributed by atoms with Crippen molar-refractivity contribution in [2.24, 2.45) is 7.05 Å². The van der Waals surface area contributed by atoms with Crippen LogP contribution in [0.3, 0.4) is 0 Å². The van der Waals surface area contributed by atoms with Gasteiger partial charge in [-0.1, -0.05) is 36.7 Å². The van der Waals surface area contributed by atoms with Gasteiger partial charge >= 0.3 is 0 Å². The molecule has 1 aliphatic heterocycles. The first-order valence-corrected chi connectivity index (χ1v) is 7.61. The van der Waals surface area contributed by atoms with Crippen molar-refractivity contribution in [3.05, 3.63) is 46.2 Å². The molecule has 0 spiro atoms. The quantitative estimate of drug-likeness (QED) is 0.935. The van der Waals surface area contributed by atoms with Crippen molar-refractivity contribution in [1.29, 1.82) is 0 Å². The maximum absolute atomic E-state index is 6.44. The van der Waals surface area contributed by atoms with E-state index in [0.717, 1.165) is 42.1 Å². The molecule has 1 atom stereocenters. The highest BCUT2D eigenvalue weighted by Gasteiger charge is 2.21. The van der Waals surface area contributed by atoms with E-state index in [1.165, 1.54) is 11.3 Å². The fourth-order valence-electron chi connectivity index (χ4n) is 2.93. The van der Waals surface area contributed by atoms with Crippen molar-refractivity contribution in [1.82, 2.24) is 9.78 Å². The van der Waals surface area contributed by atoms with E-state index in [4.69, 9.17) is 11.6 Å². The Kier molecular flexibility index (Phi) is 3.70. The summed E-state index contributed by atoms with van der Waals surface area (Å²) in [7, 11) is 1.98. The first kappa shape index (κ1) is 13.5. The molecule has 0 aliphatic carbocycles. The first-order valence-electron chi connectivity index (χ1n) is 7.23. The lowest BCUT2D eigenvalue weighted by Crippen LogP contribution is -2.28. The third-order valence-electron chi connectivity index (χ3n) is 4.08. The SMILES string of the molecule is CCc1nn(C)c(CC2CCc3ccccc3N2)c1Cl. The van der Waals surface area contributed by atoms with Crippen molar-refractivity contribution < 1.29 is 0 Å². The minimum absolute atomic E-state index is 0.433. The number of rotatable bonds is 3. The minimum atomic E-state index is 0.433. The lowest BCUT2D eigenvalue weighted by Gasteiger charge is -2.27. The van der Waals surface area contributed by atoms with Crippen molar-refractivity contribution in [3.8, 4) is 0 Å². The number of para-hydroxylation sites is 1. The summed E-state index contributed by atoms with van der Waals surface area (Å²) in [5, 5.41) is 8.97. The zero-order chi connectivity index (χ0) is 14.1. The summed E-state index contributed by atoms with van der Waals surface area (Å²) in [4.78, 5) is 0. The molecule has 3 rings (SSSR count). The number of anilines is 1. The molecule has 4 heteroatoms. The Morgan fingerprint density at radius 2 is 2.20 bits per heavy atom. The number of aryl methyl sites for hydroxylation is 3. The molecule has 0 amide bonds. The smallest absolute Gasteiger partial charge is 0.0850 e. The van der Waals surface area contributed by atoms with Gasteiger partial charge < -0.3 is 5.32 Å². The van der Waals surface area contributed by atoms with E-state index in [1.54, 1.807) is 0 Å². The van der Waals surface area contributed by atoms with Crippen molar-refractivity contribution in [2.75, 3.05) is 5.32 Å². The summed E-state index contributed by atoms with van der Waals surface area (Å²) in [6, 6.07) is 8.98. The zero-order valence-electron chi connectivity index (χ0n) is 12.0. The molecule has 0 fully saturated rings. The zero-order valence-corrected chi connectivity index (χ0v) is 12.7. The van der Waals surface area contributed by atoms with Crippen LogP contribution in [-0.2, 0) is 26.3 Å². The van der Waals surface area contributed by atoms with Gasteiger partial charge in [0.1, 0.15) is 0 Å². The van der Waals surface area contributed by atoms with E-state index >= 15 is 0 Å². The third kappa shape index (κ3) is 2.42. The van der Waals surface area contributed by atoms with Crippen LogP contribution < -0.4 is 5.32 Å². The summed E-state index contributed by atoms with van der Waals surface area (Å²) in [5.41, 5.74) is 4.81. The van der Waals surface area contributed by atoms with Crippen LogP contribution in [0.15, 0.2) is 24.3 Å². The Labute approximate surface area is 124 Å². The van der Waals surface area contributed by atoms with E-state index in [-0.39, 0.29) is 0 Å². The molecule has 0 saturated heterocycles. The van der Waals surface area contributed by atoms with Crippen LogP contribution in [-0.4, -0.2) is 15.8 Å². The molecule has 106 valence electrons. The van der Waals surface area contributed by atoms with Gasteiger partial charge in [-0.05, 0) is 30.9 Å². The largest absolute Gasteiger partial charge is 0.382 e. The van der Waals surface area contributed by atoms with Crippen LogP contribution >= 0.6 is 11.6 Å². The van der Waals surface area contributed by atoms with Gasteiger partial charge in [0.05, 0.1) is 16.4 Å². The van der Waals surface area contributed by atoms with Gasteiger partial charge in [0.25, 0.3) is 0 Å². The number of aromatic nitrogens is 2. The van der Waals surface area contributed by atoms with Crippen LogP contribution in [0.5, 0.6) is 0 Å². The summed E-state index contributed by atoms with van der Waals surface area (Å²) in [6.07, 6.45) is 4.08. The molecule has 1 aliphatic rings. The molecular weight excluding hydrogens is 270 g/mol. The van der Waals surface area contributed by atoms with Gasteiger partial charge in [0.15, 0.2) is 0 Å². The van der Waals surface area contributed by atoms with Gasteiger partial charge in [0.2, 0.25) is 0 Å². The van der Waals surface area contributed by atoms with Gasteiger partial charge in [0, 0.05) is 25.2 Å². The second kappa shape index (κ2) is 5.49. The van der Waals surface area contributed by atoms with E-state index in [2.05, 4.69) is 41.6 Å². The van der Waals surface area contributed by atoms with Crippen molar-refractivity contribution >= 4 is 17.3 Å². The molecule has 0 saturated carbocycles. The average molecular weight is 290 g/mol. The Morgan fingerprint density at radius 1 is 1.40 bits per heavy atom. The molecule has 3 nitrogen and oxygen atoms in total.